The lowest BCUT2D eigenvalue weighted by Gasteiger charge is -2.32. The molecule has 0 fully saturated rings. The molecule has 4 nitrogen and oxygen atoms in total. The van der Waals surface area contributed by atoms with Gasteiger partial charge in [-0.25, -0.2) is 4.99 Å². The number of methoxy groups -OCH3 is 1. The summed E-state index contributed by atoms with van der Waals surface area (Å²) in [7, 11) is 3.12. The van der Waals surface area contributed by atoms with E-state index in [9.17, 15) is 18.3 Å². The van der Waals surface area contributed by atoms with Crippen molar-refractivity contribution in [1.82, 2.24) is 4.90 Å². The first-order valence-electron chi connectivity index (χ1n) is 9.03. The van der Waals surface area contributed by atoms with Gasteiger partial charge in [0.05, 0.1) is 19.1 Å². The van der Waals surface area contributed by atoms with E-state index >= 15 is 0 Å². The highest BCUT2D eigenvalue weighted by molar-refractivity contribution is 7.99. The summed E-state index contributed by atoms with van der Waals surface area (Å²) in [6.07, 6.45) is -3.29. The van der Waals surface area contributed by atoms with Crippen molar-refractivity contribution in [3.8, 4) is 5.75 Å². The van der Waals surface area contributed by atoms with Crippen LogP contribution in [0.5, 0.6) is 5.75 Å². The van der Waals surface area contributed by atoms with Crippen LogP contribution in [0.25, 0.3) is 0 Å². The van der Waals surface area contributed by atoms with Crippen molar-refractivity contribution in [2.45, 2.75) is 30.5 Å². The molecule has 0 aliphatic carbocycles. The molecule has 2 aromatic rings. The maximum atomic E-state index is 14.0. The number of ether oxygens (including phenoxy) is 1. The van der Waals surface area contributed by atoms with E-state index in [0.717, 1.165) is 18.3 Å². The predicted octanol–water partition coefficient (Wildman–Crippen LogP) is 5.16. The van der Waals surface area contributed by atoms with Gasteiger partial charge in [0.1, 0.15) is 5.75 Å². The van der Waals surface area contributed by atoms with Crippen LogP contribution < -0.4 is 4.74 Å². The fourth-order valence-electron chi connectivity index (χ4n) is 2.57. The number of thioether (sulfide) groups is 1. The first-order valence-corrected chi connectivity index (χ1v) is 10.0. The molecule has 0 heterocycles. The zero-order valence-electron chi connectivity index (χ0n) is 16.8. The van der Waals surface area contributed by atoms with Crippen LogP contribution in [-0.4, -0.2) is 49.0 Å². The Bertz CT molecular complexity index is 844. The van der Waals surface area contributed by atoms with Crippen molar-refractivity contribution in [1.29, 1.82) is 0 Å². The summed E-state index contributed by atoms with van der Waals surface area (Å²) in [5.74, 6) is -0.660. The lowest BCUT2D eigenvalue weighted by atomic mass is 9.92. The zero-order chi connectivity index (χ0) is 21.7. The summed E-state index contributed by atoms with van der Waals surface area (Å²) < 4.78 is 47.2. The van der Waals surface area contributed by atoms with Gasteiger partial charge in [0.15, 0.2) is 5.60 Å². The minimum Gasteiger partial charge on any atom is -0.496 e. The van der Waals surface area contributed by atoms with Gasteiger partial charge >= 0.3 is 6.18 Å². The minimum atomic E-state index is -4.89. The van der Waals surface area contributed by atoms with Crippen LogP contribution in [0.2, 0.25) is 0 Å². The van der Waals surface area contributed by atoms with Gasteiger partial charge in [-0.05, 0) is 37.6 Å². The van der Waals surface area contributed by atoms with Gasteiger partial charge in [-0.1, -0.05) is 18.2 Å². The second kappa shape index (κ2) is 9.54. The van der Waals surface area contributed by atoms with Gasteiger partial charge in [0.2, 0.25) is 0 Å². The normalized spacial score (nSPS) is 14.1. The molecule has 0 aliphatic heterocycles. The monoisotopic (exact) mass is 426 g/mol. The standard InChI is InChI=1S/C21H25F3N2O2S/c1-5-26(3)14-25-18-12-19(28-4)17(11-15(18)2)20(27,21(22,23)24)13-29-16-9-7-6-8-10-16/h6-12,14,27H,5,13H2,1-4H3/b25-14+. The summed E-state index contributed by atoms with van der Waals surface area (Å²) in [6.45, 7) is 4.35. The summed E-state index contributed by atoms with van der Waals surface area (Å²) in [6, 6.07) is 11.4. The SMILES string of the molecule is CCN(C)/C=N/c1cc(OC)c(C(O)(CSc2ccccc2)C(F)(F)F)cc1C. The fraction of sp³-hybridized carbons (Fsp3) is 0.381. The molecule has 1 atom stereocenters. The Balaban J connectivity index is 2.47. The van der Waals surface area contributed by atoms with Gasteiger partial charge in [0, 0.05) is 35.9 Å². The van der Waals surface area contributed by atoms with E-state index in [1.807, 2.05) is 18.9 Å². The number of rotatable bonds is 8. The number of aryl methyl sites for hydroxylation is 1. The third kappa shape index (κ3) is 5.45. The third-order valence-corrected chi connectivity index (χ3v) is 5.68. The van der Waals surface area contributed by atoms with Gasteiger partial charge in [-0.3, -0.25) is 0 Å². The van der Waals surface area contributed by atoms with E-state index in [-0.39, 0.29) is 11.3 Å². The van der Waals surface area contributed by atoms with Crippen molar-refractivity contribution in [2.75, 3.05) is 26.5 Å². The first-order chi connectivity index (χ1) is 13.6. The second-order valence-corrected chi connectivity index (χ2v) is 7.67. The average molecular weight is 427 g/mol. The van der Waals surface area contributed by atoms with E-state index in [4.69, 9.17) is 4.74 Å². The lowest BCUT2D eigenvalue weighted by Crippen LogP contribution is -2.45. The highest BCUT2D eigenvalue weighted by Crippen LogP contribution is 2.47. The molecule has 0 aliphatic rings. The molecular formula is C21H25F3N2O2S. The Hall–Kier alpha value is -2.19. The van der Waals surface area contributed by atoms with Crippen LogP contribution in [0.3, 0.4) is 0 Å². The third-order valence-electron chi connectivity index (χ3n) is 4.52. The topological polar surface area (TPSA) is 45.1 Å². The molecule has 0 aromatic heterocycles. The molecule has 2 rings (SSSR count). The predicted molar refractivity (Wildman–Crippen MR) is 111 cm³/mol. The highest BCUT2D eigenvalue weighted by Gasteiger charge is 2.56. The average Bonchev–Trinajstić information content (AvgIpc) is 2.70. The Kier molecular flexibility index (Phi) is 7.60. The Morgan fingerprint density at radius 2 is 1.86 bits per heavy atom. The summed E-state index contributed by atoms with van der Waals surface area (Å²) >= 11 is 0.934. The van der Waals surface area contributed by atoms with E-state index in [1.54, 1.807) is 43.6 Å². The molecule has 158 valence electrons. The number of aliphatic imine (C=N–C) groups is 1. The second-order valence-electron chi connectivity index (χ2n) is 6.62. The summed E-state index contributed by atoms with van der Waals surface area (Å²) in [4.78, 5) is 6.79. The van der Waals surface area contributed by atoms with E-state index in [0.29, 0.717) is 16.1 Å². The molecule has 1 N–H and O–H groups in total. The lowest BCUT2D eigenvalue weighted by molar-refractivity contribution is -0.256. The largest absolute Gasteiger partial charge is 0.496 e. The number of aliphatic hydroxyl groups is 1. The summed E-state index contributed by atoms with van der Waals surface area (Å²) in [5, 5.41) is 10.8. The van der Waals surface area contributed by atoms with Crippen molar-refractivity contribution in [2.24, 2.45) is 4.99 Å². The molecular weight excluding hydrogens is 401 g/mol. The Morgan fingerprint density at radius 3 is 2.41 bits per heavy atom. The van der Waals surface area contributed by atoms with Gasteiger partial charge in [0.25, 0.3) is 0 Å². The fourth-order valence-corrected chi connectivity index (χ4v) is 3.61. The first kappa shape index (κ1) is 23.1. The smallest absolute Gasteiger partial charge is 0.422 e. The maximum absolute atomic E-state index is 14.0. The van der Waals surface area contributed by atoms with Gasteiger partial charge in [-0.2, -0.15) is 13.2 Å². The van der Waals surface area contributed by atoms with Crippen LogP contribution in [0, 0.1) is 6.92 Å². The number of hydrogen-bond acceptors (Lipinski definition) is 4. The quantitative estimate of drug-likeness (QED) is 0.360. The molecule has 8 heteroatoms. The molecule has 0 saturated carbocycles. The number of halogens is 3. The number of hydrogen-bond donors (Lipinski definition) is 1. The van der Waals surface area contributed by atoms with Crippen molar-refractivity contribution >= 4 is 23.8 Å². The highest BCUT2D eigenvalue weighted by atomic mass is 32.2. The molecule has 2 aromatic carbocycles. The van der Waals surface area contributed by atoms with E-state index in [1.165, 1.54) is 19.2 Å². The Labute approximate surface area is 173 Å². The summed E-state index contributed by atoms with van der Waals surface area (Å²) in [5.41, 5.74) is -2.41. The molecule has 0 radical (unpaired) electrons. The van der Waals surface area contributed by atoms with E-state index < -0.39 is 17.5 Å². The van der Waals surface area contributed by atoms with Crippen LogP contribution in [0.15, 0.2) is 52.4 Å². The van der Waals surface area contributed by atoms with Crippen LogP contribution in [0.1, 0.15) is 18.1 Å². The van der Waals surface area contributed by atoms with Gasteiger partial charge < -0.3 is 14.7 Å². The van der Waals surface area contributed by atoms with Crippen LogP contribution in [-0.2, 0) is 5.60 Å². The van der Waals surface area contributed by atoms with E-state index in [2.05, 4.69) is 4.99 Å². The zero-order valence-corrected chi connectivity index (χ0v) is 17.6. The molecule has 29 heavy (non-hydrogen) atoms. The van der Waals surface area contributed by atoms with Crippen molar-refractivity contribution < 1.29 is 23.0 Å². The molecule has 1 unspecified atom stereocenters. The van der Waals surface area contributed by atoms with Gasteiger partial charge in [-0.15, -0.1) is 11.8 Å². The number of nitrogens with zero attached hydrogens (tertiary/aromatic N) is 2. The molecule has 0 amide bonds. The minimum absolute atomic E-state index is 0.0598. The van der Waals surface area contributed by atoms with Crippen LogP contribution >= 0.6 is 11.8 Å². The number of benzene rings is 2. The molecule has 0 saturated heterocycles. The molecule has 0 spiro atoms. The van der Waals surface area contributed by atoms with Crippen LogP contribution in [0.4, 0.5) is 18.9 Å². The Morgan fingerprint density at radius 1 is 1.21 bits per heavy atom. The van der Waals surface area contributed by atoms with Crippen molar-refractivity contribution in [3.63, 3.8) is 0 Å². The van der Waals surface area contributed by atoms with Crippen molar-refractivity contribution in [3.05, 3.63) is 53.6 Å². The maximum Gasteiger partial charge on any atom is 0.422 e. The number of alkyl halides is 3. The molecule has 0 bridgehead atoms.